The zero-order chi connectivity index (χ0) is 14.4. The second-order valence-electron chi connectivity index (χ2n) is 4.78. The monoisotopic (exact) mass is 271 g/mol. The lowest BCUT2D eigenvalue weighted by Crippen LogP contribution is -2.52. The van der Waals surface area contributed by atoms with Crippen molar-refractivity contribution in [2.75, 3.05) is 6.54 Å². The third-order valence-electron chi connectivity index (χ3n) is 3.36. The molecule has 19 heavy (non-hydrogen) atoms. The SMILES string of the molecule is CC[C@@H](NC(=O)N(CC(N)=O)C1CCCC1)C(=O)O. The number of carbonyl (C=O) groups is 3. The third-order valence-corrected chi connectivity index (χ3v) is 3.36. The molecule has 0 spiro atoms. The number of carboxylic acid groups (broad SMARTS) is 1. The van der Waals surface area contributed by atoms with Crippen LogP contribution in [0.5, 0.6) is 0 Å². The molecule has 7 nitrogen and oxygen atoms in total. The molecule has 0 aromatic rings. The van der Waals surface area contributed by atoms with Gasteiger partial charge in [-0.25, -0.2) is 9.59 Å². The van der Waals surface area contributed by atoms with E-state index >= 15 is 0 Å². The Labute approximate surface area is 112 Å². The number of carbonyl (C=O) groups excluding carboxylic acids is 2. The van der Waals surface area contributed by atoms with Crippen molar-refractivity contribution in [2.24, 2.45) is 5.73 Å². The smallest absolute Gasteiger partial charge is 0.326 e. The van der Waals surface area contributed by atoms with E-state index in [1.807, 2.05) is 0 Å². The van der Waals surface area contributed by atoms with Crippen LogP contribution >= 0.6 is 0 Å². The first kappa shape index (κ1) is 15.3. The molecule has 0 heterocycles. The van der Waals surface area contributed by atoms with Gasteiger partial charge in [-0.3, -0.25) is 4.79 Å². The molecule has 4 N–H and O–H groups in total. The Bertz CT molecular complexity index is 353. The number of nitrogens with one attached hydrogen (secondary N) is 1. The molecule has 1 rings (SSSR count). The number of nitrogens with two attached hydrogens (primary N) is 1. The molecule has 0 aromatic carbocycles. The van der Waals surface area contributed by atoms with Gasteiger partial charge in [0.05, 0.1) is 0 Å². The summed E-state index contributed by atoms with van der Waals surface area (Å²) in [6.07, 6.45) is 3.94. The number of urea groups is 1. The topological polar surface area (TPSA) is 113 Å². The van der Waals surface area contributed by atoms with Crippen LogP contribution in [0.25, 0.3) is 0 Å². The fourth-order valence-electron chi connectivity index (χ4n) is 2.32. The van der Waals surface area contributed by atoms with Crippen LogP contribution in [0, 0.1) is 0 Å². The molecular formula is C12H21N3O4. The highest BCUT2D eigenvalue weighted by molar-refractivity contribution is 5.86. The van der Waals surface area contributed by atoms with Gasteiger partial charge < -0.3 is 21.1 Å². The first-order chi connectivity index (χ1) is 8.95. The van der Waals surface area contributed by atoms with Gasteiger partial charge in [-0.2, -0.15) is 0 Å². The summed E-state index contributed by atoms with van der Waals surface area (Å²) in [6.45, 7) is 1.50. The van der Waals surface area contributed by atoms with Crippen molar-refractivity contribution >= 4 is 17.9 Å². The maximum Gasteiger partial charge on any atom is 0.326 e. The number of rotatable bonds is 6. The van der Waals surface area contributed by atoms with Crippen LogP contribution in [0.15, 0.2) is 0 Å². The fourth-order valence-corrected chi connectivity index (χ4v) is 2.32. The van der Waals surface area contributed by atoms with Gasteiger partial charge in [0.2, 0.25) is 5.91 Å². The van der Waals surface area contributed by atoms with Gasteiger partial charge in [0.15, 0.2) is 0 Å². The Morgan fingerprint density at radius 2 is 1.95 bits per heavy atom. The minimum absolute atomic E-state index is 0.0289. The van der Waals surface area contributed by atoms with E-state index in [2.05, 4.69) is 5.32 Å². The molecule has 0 aromatic heterocycles. The van der Waals surface area contributed by atoms with E-state index in [0.29, 0.717) is 0 Å². The molecule has 0 unspecified atom stereocenters. The minimum atomic E-state index is -1.08. The molecule has 1 aliphatic carbocycles. The average Bonchev–Trinajstić information content (AvgIpc) is 2.85. The molecule has 3 amide bonds. The Morgan fingerprint density at radius 1 is 1.37 bits per heavy atom. The van der Waals surface area contributed by atoms with Crippen LogP contribution in [0.2, 0.25) is 0 Å². The Morgan fingerprint density at radius 3 is 2.37 bits per heavy atom. The van der Waals surface area contributed by atoms with E-state index in [9.17, 15) is 14.4 Å². The minimum Gasteiger partial charge on any atom is -0.480 e. The molecule has 7 heteroatoms. The lowest BCUT2D eigenvalue weighted by atomic mass is 10.2. The van der Waals surface area contributed by atoms with E-state index in [4.69, 9.17) is 10.8 Å². The van der Waals surface area contributed by atoms with Crippen LogP contribution in [0.1, 0.15) is 39.0 Å². The summed E-state index contributed by atoms with van der Waals surface area (Å²) in [5.74, 6) is -1.67. The first-order valence-electron chi connectivity index (χ1n) is 6.54. The van der Waals surface area contributed by atoms with Crippen molar-refractivity contribution in [3.05, 3.63) is 0 Å². The number of carboxylic acids is 1. The Balaban J connectivity index is 2.70. The zero-order valence-corrected chi connectivity index (χ0v) is 11.1. The first-order valence-corrected chi connectivity index (χ1v) is 6.54. The Hall–Kier alpha value is -1.79. The number of primary amides is 1. The summed E-state index contributed by atoms with van der Waals surface area (Å²) in [5.41, 5.74) is 5.14. The lowest BCUT2D eigenvalue weighted by molar-refractivity contribution is -0.139. The normalized spacial score (nSPS) is 16.9. The lowest BCUT2D eigenvalue weighted by Gasteiger charge is -2.29. The number of hydrogen-bond donors (Lipinski definition) is 3. The predicted octanol–water partition coefficient (Wildman–Crippen LogP) is 0.289. The molecule has 1 fully saturated rings. The van der Waals surface area contributed by atoms with Gasteiger partial charge in [-0.05, 0) is 19.3 Å². The van der Waals surface area contributed by atoms with E-state index in [1.54, 1.807) is 6.92 Å². The maximum atomic E-state index is 12.1. The number of hydrogen-bond acceptors (Lipinski definition) is 3. The Kier molecular flexibility index (Phi) is 5.59. The predicted molar refractivity (Wildman–Crippen MR) is 68.4 cm³/mol. The van der Waals surface area contributed by atoms with Gasteiger partial charge in [-0.1, -0.05) is 19.8 Å². The quantitative estimate of drug-likeness (QED) is 0.644. The van der Waals surface area contributed by atoms with Crippen LogP contribution in [-0.4, -0.2) is 46.5 Å². The largest absolute Gasteiger partial charge is 0.480 e. The van der Waals surface area contributed by atoms with E-state index in [0.717, 1.165) is 25.7 Å². The van der Waals surface area contributed by atoms with Gasteiger partial charge in [0.25, 0.3) is 0 Å². The van der Waals surface area contributed by atoms with E-state index < -0.39 is 23.9 Å². The number of amides is 3. The highest BCUT2D eigenvalue weighted by atomic mass is 16.4. The standard InChI is InChI=1S/C12H21N3O4/c1-2-9(11(17)18)14-12(19)15(7-10(13)16)8-5-3-4-6-8/h8-9H,2-7H2,1H3,(H2,13,16)(H,14,19)(H,17,18)/t9-/m1/s1. The van der Waals surface area contributed by atoms with Crippen LogP contribution < -0.4 is 11.1 Å². The van der Waals surface area contributed by atoms with Gasteiger partial charge in [0.1, 0.15) is 12.6 Å². The van der Waals surface area contributed by atoms with Crippen LogP contribution in [0.4, 0.5) is 4.79 Å². The molecule has 0 saturated heterocycles. The summed E-state index contributed by atoms with van der Waals surface area (Å²) in [4.78, 5) is 35.4. The molecule has 0 bridgehead atoms. The van der Waals surface area contributed by atoms with Crippen molar-refractivity contribution in [1.82, 2.24) is 10.2 Å². The van der Waals surface area contributed by atoms with Crippen molar-refractivity contribution in [3.63, 3.8) is 0 Å². The summed E-state index contributed by atoms with van der Waals surface area (Å²) < 4.78 is 0. The maximum absolute atomic E-state index is 12.1. The summed E-state index contributed by atoms with van der Waals surface area (Å²) in [6, 6.07) is -1.50. The molecular weight excluding hydrogens is 250 g/mol. The second-order valence-corrected chi connectivity index (χ2v) is 4.78. The fraction of sp³-hybridized carbons (Fsp3) is 0.750. The number of aliphatic carboxylic acids is 1. The molecule has 1 saturated carbocycles. The molecule has 108 valence electrons. The third kappa shape index (κ3) is 4.42. The molecule has 1 atom stereocenters. The van der Waals surface area contributed by atoms with E-state index in [-0.39, 0.29) is 19.0 Å². The highest BCUT2D eigenvalue weighted by Crippen LogP contribution is 2.23. The molecule has 1 aliphatic rings. The summed E-state index contributed by atoms with van der Waals surface area (Å²) in [7, 11) is 0. The average molecular weight is 271 g/mol. The van der Waals surface area contributed by atoms with Crippen molar-refractivity contribution in [2.45, 2.75) is 51.1 Å². The summed E-state index contributed by atoms with van der Waals surface area (Å²) in [5, 5.41) is 11.4. The van der Waals surface area contributed by atoms with Gasteiger partial charge in [-0.15, -0.1) is 0 Å². The van der Waals surface area contributed by atoms with Crippen molar-refractivity contribution in [3.8, 4) is 0 Å². The number of nitrogens with zero attached hydrogens (tertiary/aromatic N) is 1. The van der Waals surface area contributed by atoms with E-state index in [1.165, 1.54) is 4.90 Å². The second kappa shape index (κ2) is 6.96. The molecule has 0 aliphatic heterocycles. The highest BCUT2D eigenvalue weighted by Gasteiger charge is 2.29. The zero-order valence-electron chi connectivity index (χ0n) is 11.1. The summed E-state index contributed by atoms with van der Waals surface area (Å²) >= 11 is 0. The van der Waals surface area contributed by atoms with Crippen molar-refractivity contribution < 1.29 is 19.5 Å². The molecule has 0 radical (unpaired) electrons. The van der Waals surface area contributed by atoms with Gasteiger partial charge >= 0.3 is 12.0 Å². The van der Waals surface area contributed by atoms with Gasteiger partial charge in [0, 0.05) is 6.04 Å². The van der Waals surface area contributed by atoms with Crippen molar-refractivity contribution in [1.29, 1.82) is 0 Å². The van der Waals surface area contributed by atoms with Crippen LogP contribution in [-0.2, 0) is 9.59 Å². The van der Waals surface area contributed by atoms with Crippen LogP contribution in [0.3, 0.4) is 0 Å².